The number of carbonyl (C=O) groups is 1. The van der Waals surface area contributed by atoms with E-state index < -0.39 is 12.3 Å². The van der Waals surface area contributed by atoms with Gasteiger partial charge in [-0.25, -0.2) is 9.78 Å². The molecule has 3 rings (SSSR count). The third-order valence-electron chi connectivity index (χ3n) is 3.00. The van der Waals surface area contributed by atoms with E-state index in [0.29, 0.717) is 11.3 Å². The molecule has 0 saturated heterocycles. The smallest absolute Gasteiger partial charge is 0.354 e. The summed E-state index contributed by atoms with van der Waals surface area (Å²) in [6.45, 7) is 2.03. The number of carbonyl (C=O) groups excluding carboxylic acids is 1. The summed E-state index contributed by atoms with van der Waals surface area (Å²) in [6.07, 6.45) is 1.51. The van der Waals surface area contributed by atoms with Crippen LogP contribution in [0.25, 0.3) is 0 Å². The van der Waals surface area contributed by atoms with Crippen molar-refractivity contribution in [2.24, 2.45) is 0 Å². The second kappa shape index (κ2) is 7.15. The predicted octanol–water partition coefficient (Wildman–Crippen LogP) is 3.11. The van der Waals surface area contributed by atoms with Crippen molar-refractivity contribution in [2.45, 2.75) is 19.6 Å². The number of thiazole rings is 1. The maximum Gasteiger partial charge on any atom is 0.354 e. The minimum absolute atomic E-state index is 0.156. The molecule has 0 spiro atoms. The molecular formula is C16H15NO5S. The van der Waals surface area contributed by atoms with Gasteiger partial charge in [0.25, 0.3) is 0 Å². The summed E-state index contributed by atoms with van der Waals surface area (Å²) in [7, 11) is 0. The molecule has 1 atom stereocenters. The molecule has 120 valence electrons. The number of rotatable bonds is 6. The van der Waals surface area contributed by atoms with Crippen LogP contribution >= 0.6 is 11.3 Å². The number of ether oxygens (including phenoxy) is 4. The Balaban J connectivity index is 1.58. The number of aromatic nitrogens is 1. The van der Waals surface area contributed by atoms with E-state index in [4.69, 9.17) is 18.9 Å². The molecule has 2 aromatic rings. The van der Waals surface area contributed by atoms with Crippen LogP contribution in [0.15, 0.2) is 48.0 Å². The Labute approximate surface area is 137 Å². The minimum Gasteiger partial charge on any atom is -0.462 e. The summed E-state index contributed by atoms with van der Waals surface area (Å²) in [5, 5.41) is 0. The standard InChI is InChI=1S/C16H15NO5S/c1-2-19-16(18)14-15(17-10-23-14)22-13-9-20-12(21-13)8-11-6-4-3-5-7-11/h3-7,9-10,12H,2,8H2,1H3. The average Bonchev–Trinajstić information content (AvgIpc) is 3.19. The first-order valence-corrected chi connectivity index (χ1v) is 7.99. The molecule has 1 aliphatic heterocycles. The maximum atomic E-state index is 11.8. The number of esters is 1. The van der Waals surface area contributed by atoms with Crippen LogP contribution < -0.4 is 4.74 Å². The van der Waals surface area contributed by atoms with Crippen molar-refractivity contribution in [1.82, 2.24) is 4.98 Å². The lowest BCUT2D eigenvalue weighted by Gasteiger charge is -2.11. The fourth-order valence-electron chi connectivity index (χ4n) is 2.00. The molecule has 1 aromatic carbocycles. The molecule has 0 bridgehead atoms. The lowest BCUT2D eigenvalue weighted by molar-refractivity contribution is -0.0524. The molecule has 1 unspecified atom stereocenters. The first-order valence-electron chi connectivity index (χ1n) is 7.11. The molecule has 1 aliphatic rings. The summed E-state index contributed by atoms with van der Waals surface area (Å²) >= 11 is 1.15. The van der Waals surface area contributed by atoms with Gasteiger partial charge in [-0.2, -0.15) is 0 Å². The van der Waals surface area contributed by atoms with Crippen LogP contribution in [0.1, 0.15) is 22.2 Å². The van der Waals surface area contributed by atoms with E-state index in [-0.39, 0.29) is 18.4 Å². The fourth-order valence-corrected chi connectivity index (χ4v) is 2.60. The third kappa shape index (κ3) is 3.81. The predicted molar refractivity (Wildman–Crippen MR) is 82.9 cm³/mol. The Bertz CT molecular complexity index is 698. The first-order chi connectivity index (χ1) is 11.3. The van der Waals surface area contributed by atoms with Crippen LogP contribution in [0.4, 0.5) is 0 Å². The van der Waals surface area contributed by atoms with Gasteiger partial charge in [-0.15, -0.1) is 11.3 Å². The lowest BCUT2D eigenvalue weighted by Crippen LogP contribution is -2.13. The van der Waals surface area contributed by atoms with Crippen molar-refractivity contribution < 1.29 is 23.7 Å². The van der Waals surface area contributed by atoms with Crippen molar-refractivity contribution in [2.75, 3.05) is 6.61 Å². The molecule has 0 N–H and O–H groups in total. The van der Waals surface area contributed by atoms with Gasteiger partial charge in [0, 0.05) is 6.42 Å². The second-order valence-electron chi connectivity index (χ2n) is 4.62. The lowest BCUT2D eigenvalue weighted by atomic mass is 10.1. The molecule has 0 saturated carbocycles. The van der Waals surface area contributed by atoms with Crippen LogP contribution in [0.5, 0.6) is 5.88 Å². The SMILES string of the molecule is CCOC(=O)c1scnc1OC1=COC(Cc2ccccc2)O1. The van der Waals surface area contributed by atoms with E-state index in [1.807, 2.05) is 30.3 Å². The molecular weight excluding hydrogens is 318 g/mol. The number of hydrogen-bond acceptors (Lipinski definition) is 7. The van der Waals surface area contributed by atoms with Crippen molar-refractivity contribution in [3.63, 3.8) is 0 Å². The zero-order valence-electron chi connectivity index (χ0n) is 12.4. The molecule has 2 heterocycles. The van der Waals surface area contributed by atoms with Gasteiger partial charge in [-0.1, -0.05) is 30.3 Å². The van der Waals surface area contributed by atoms with Gasteiger partial charge in [0.05, 0.1) is 12.1 Å². The van der Waals surface area contributed by atoms with Gasteiger partial charge in [0.1, 0.15) is 0 Å². The van der Waals surface area contributed by atoms with Crippen molar-refractivity contribution in [3.8, 4) is 5.88 Å². The normalized spacial score (nSPS) is 16.2. The van der Waals surface area contributed by atoms with Gasteiger partial charge in [-0.05, 0) is 12.5 Å². The summed E-state index contributed by atoms with van der Waals surface area (Å²) < 4.78 is 21.4. The van der Waals surface area contributed by atoms with Crippen molar-refractivity contribution in [3.05, 3.63) is 58.5 Å². The van der Waals surface area contributed by atoms with E-state index in [2.05, 4.69) is 4.98 Å². The number of benzene rings is 1. The van der Waals surface area contributed by atoms with Crippen LogP contribution in [0.3, 0.4) is 0 Å². The highest BCUT2D eigenvalue weighted by Gasteiger charge is 2.25. The molecule has 1 aromatic heterocycles. The summed E-state index contributed by atoms with van der Waals surface area (Å²) in [4.78, 5) is 16.1. The number of nitrogens with zero attached hydrogens (tertiary/aromatic N) is 1. The molecule has 7 heteroatoms. The largest absolute Gasteiger partial charge is 0.462 e. The van der Waals surface area contributed by atoms with Gasteiger partial charge in [0.15, 0.2) is 11.1 Å². The average molecular weight is 333 g/mol. The van der Waals surface area contributed by atoms with Gasteiger partial charge < -0.3 is 18.9 Å². The Morgan fingerprint density at radius 1 is 1.35 bits per heavy atom. The van der Waals surface area contributed by atoms with Gasteiger partial charge in [-0.3, -0.25) is 0 Å². The van der Waals surface area contributed by atoms with Crippen molar-refractivity contribution >= 4 is 17.3 Å². The van der Waals surface area contributed by atoms with E-state index in [1.165, 1.54) is 11.8 Å². The Kier molecular flexibility index (Phi) is 4.77. The molecule has 0 aliphatic carbocycles. The third-order valence-corrected chi connectivity index (χ3v) is 3.79. The molecule has 0 fully saturated rings. The highest BCUT2D eigenvalue weighted by Crippen LogP contribution is 2.27. The topological polar surface area (TPSA) is 66.9 Å². The maximum absolute atomic E-state index is 11.8. The van der Waals surface area contributed by atoms with Crippen LogP contribution in [-0.4, -0.2) is 23.9 Å². The Hall–Kier alpha value is -2.54. The quantitative estimate of drug-likeness (QED) is 0.757. The van der Waals surface area contributed by atoms with E-state index in [1.54, 1.807) is 6.92 Å². The monoisotopic (exact) mass is 333 g/mol. The molecule has 6 nitrogen and oxygen atoms in total. The second-order valence-corrected chi connectivity index (χ2v) is 5.47. The van der Waals surface area contributed by atoms with Gasteiger partial charge in [0.2, 0.25) is 12.2 Å². The van der Waals surface area contributed by atoms with E-state index in [9.17, 15) is 4.79 Å². The molecule has 23 heavy (non-hydrogen) atoms. The minimum atomic E-state index is -0.467. The highest BCUT2D eigenvalue weighted by atomic mass is 32.1. The Morgan fingerprint density at radius 3 is 2.96 bits per heavy atom. The molecule has 0 radical (unpaired) electrons. The van der Waals surface area contributed by atoms with Crippen LogP contribution in [-0.2, 0) is 20.6 Å². The first kappa shape index (κ1) is 15.4. The van der Waals surface area contributed by atoms with Crippen LogP contribution in [0.2, 0.25) is 0 Å². The van der Waals surface area contributed by atoms with E-state index in [0.717, 1.165) is 16.9 Å². The Morgan fingerprint density at radius 2 is 2.17 bits per heavy atom. The zero-order chi connectivity index (χ0) is 16.1. The highest BCUT2D eigenvalue weighted by molar-refractivity contribution is 7.12. The zero-order valence-corrected chi connectivity index (χ0v) is 13.2. The number of hydrogen-bond donors (Lipinski definition) is 0. The van der Waals surface area contributed by atoms with E-state index >= 15 is 0 Å². The molecule has 0 amide bonds. The summed E-state index contributed by atoms with van der Waals surface area (Å²) in [5.74, 6) is -0.142. The summed E-state index contributed by atoms with van der Waals surface area (Å²) in [5.41, 5.74) is 2.60. The van der Waals surface area contributed by atoms with Crippen molar-refractivity contribution in [1.29, 1.82) is 0 Å². The van der Waals surface area contributed by atoms with Gasteiger partial charge >= 0.3 is 11.9 Å². The van der Waals surface area contributed by atoms with Crippen LogP contribution in [0, 0.1) is 0 Å². The fraction of sp³-hybridized carbons (Fsp3) is 0.250. The summed E-state index contributed by atoms with van der Waals surface area (Å²) in [6, 6.07) is 9.84.